The van der Waals surface area contributed by atoms with Crippen molar-refractivity contribution in [3.63, 3.8) is 0 Å². The lowest BCUT2D eigenvalue weighted by atomic mass is 10.2. The third-order valence-corrected chi connectivity index (χ3v) is 3.51. The van der Waals surface area contributed by atoms with Gasteiger partial charge in [0.05, 0.1) is 5.02 Å². The zero-order chi connectivity index (χ0) is 15.4. The summed E-state index contributed by atoms with van der Waals surface area (Å²) in [6, 6.07) is 12.4. The first-order valence-corrected chi connectivity index (χ1v) is 7.21. The monoisotopic (exact) mass is 323 g/mol. The Bertz CT molecular complexity index is 658. The van der Waals surface area contributed by atoms with Crippen molar-refractivity contribution < 1.29 is 9.53 Å². The molecule has 0 bridgehead atoms. The van der Waals surface area contributed by atoms with Gasteiger partial charge in [0.2, 0.25) is 0 Å². The van der Waals surface area contributed by atoms with E-state index in [-0.39, 0.29) is 5.91 Å². The molecule has 0 heterocycles. The van der Waals surface area contributed by atoms with Gasteiger partial charge in [-0.2, -0.15) is 0 Å². The van der Waals surface area contributed by atoms with E-state index < -0.39 is 6.10 Å². The summed E-state index contributed by atoms with van der Waals surface area (Å²) in [6.07, 6.45) is -0.678. The molecule has 0 radical (unpaired) electrons. The van der Waals surface area contributed by atoms with Crippen LogP contribution >= 0.6 is 23.2 Å². The van der Waals surface area contributed by atoms with Gasteiger partial charge in [0.25, 0.3) is 5.91 Å². The van der Waals surface area contributed by atoms with Crippen LogP contribution in [0.15, 0.2) is 42.5 Å². The fraction of sp³-hybridized carbons (Fsp3) is 0.188. The molecule has 0 saturated carbocycles. The normalized spacial score (nSPS) is 11.8. The van der Waals surface area contributed by atoms with E-state index in [1.165, 1.54) is 0 Å². The molecule has 1 amide bonds. The van der Waals surface area contributed by atoms with Crippen LogP contribution in [0.25, 0.3) is 0 Å². The van der Waals surface area contributed by atoms with E-state index in [2.05, 4.69) is 5.32 Å². The molecule has 0 unspecified atom stereocenters. The predicted octanol–water partition coefficient (Wildman–Crippen LogP) is 4.71. The predicted molar refractivity (Wildman–Crippen MR) is 86.4 cm³/mol. The molecule has 5 heteroatoms. The summed E-state index contributed by atoms with van der Waals surface area (Å²) in [5.41, 5.74) is 1.60. The second-order valence-electron chi connectivity index (χ2n) is 4.64. The van der Waals surface area contributed by atoms with Crippen molar-refractivity contribution in [2.24, 2.45) is 0 Å². The van der Waals surface area contributed by atoms with Crippen LogP contribution in [0.4, 0.5) is 5.69 Å². The van der Waals surface area contributed by atoms with E-state index in [4.69, 9.17) is 27.9 Å². The summed E-state index contributed by atoms with van der Waals surface area (Å²) in [7, 11) is 0. The van der Waals surface area contributed by atoms with Gasteiger partial charge in [0.15, 0.2) is 6.10 Å². The fourth-order valence-electron chi connectivity index (χ4n) is 1.75. The standard InChI is InChI=1S/C16H15Cl2NO2/c1-10-7-8-12(17)9-14(10)19-16(20)11(2)21-15-6-4-3-5-13(15)18/h3-9,11H,1-2H3,(H,19,20)/t11-/m1/s1. The molecule has 2 rings (SSSR count). The van der Waals surface area contributed by atoms with Gasteiger partial charge in [-0.3, -0.25) is 4.79 Å². The van der Waals surface area contributed by atoms with Gasteiger partial charge in [-0.1, -0.05) is 41.4 Å². The molecule has 2 aromatic rings. The summed E-state index contributed by atoms with van der Waals surface area (Å²) in [6.45, 7) is 3.56. The number of aryl methyl sites for hydroxylation is 1. The van der Waals surface area contributed by atoms with Gasteiger partial charge in [-0.25, -0.2) is 0 Å². The molecule has 0 fully saturated rings. The summed E-state index contributed by atoms with van der Waals surface area (Å²) >= 11 is 11.9. The SMILES string of the molecule is Cc1ccc(Cl)cc1NC(=O)[C@@H](C)Oc1ccccc1Cl. The molecule has 1 atom stereocenters. The van der Waals surface area contributed by atoms with E-state index in [0.717, 1.165) is 5.56 Å². The molecule has 0 aliphatic rings. The molecule has 0 saturated heterocycles. The fourth-order valence-corrected chi connectivity index (χ4v) is 2.10. The van der Waals surface area contributed by atoms with Crippen LogP contribution in [-0.2, 0) is 4.79 Å². The number of hydrogen-bond donors (Lipinski definition) is 1. The third-order valence-electron chi connectivity index (χ3n) is 2.97. The minimum absolute atomic E-state index is 0.264. The molecule has 0 spiro atoms. The number of carbonyl (C=O) groups excluding carboxylic acids is 1. The quantitative estimate of drug-likeness (QED) is 0.885. The number of ether oxygens (including phenoxy) is 1. The highest BCUT2D eigenvalue weighted by Crippen LogP contribution is 2.25. The molecule has 0 aromatic heterocycles. The van der Waals surface area contributed by atoms with Crippen molar-refractivity contribution in [1.82, 2.24) is 0 Å². The lowest BCUT2D eigenvalue weighted by Gasteiger charge is -2.16. The van der Waals surface area contributed by atoms with Gasteiger partial charge in [0, 0.05) is 10.7 Å². The number of halogens is 2. The first kappa shape index (κ1) is 15.7. The number of anilines is 1. The van der Waals surface area contributed by atoms with Gasteiger partial charge in [-0.05, 0) is 43.7 Å². The molecule has 0 aliphatic carbocycles. The molecular weight excluding hydrogens is 309 g/mol. The topological polar surface area (TPSA) is 38.3 Å². The number of amides is 1. The van der Waals surface area contributed by atoms with Crippen LogP contribution in [0, 0.1) is 6.92 Å². The van der Waals surface area contributed by atoms with Crippen molar-refractivity contribution in [2.75, 3.05) is 5.32 Å². The highest BCUT2D eigenvalue weighted by molar-refractivity contribution is 6.32. The molecule has 21 heavy (non-hydrogen) atoms. The lowest BCUT2D eigenvalue weighted by molar-refractivity contribution is -0.122. The van der Waals surface area contributed by atoms with Gasteiger partial charge >= 0.3 is 0 Å². The first-order chi connectivity index (χ1) is 9.97. The van der Waals surface area contributed by atoms with E-state index in [0.29, 0.717) is 21.5 Å². The number of hydrogen-bond acceptors (Lipinski definition) is 2. The van der Waals surface area contributed by atoms with Crippen LogP contribution < -0.4 is 10.1 Å². The van der Waals surface area contributed by atoms with Crippen LogP contribution in [0.5, 0.6) is 5.75 Å². The second kappa shape index (κ2) is 6.83. The Kier molecular flexibility index (Phi) is 5.10. The summed E-state index contributed by atoms with van der Waals surface area (Å²) in [5, 5.41) is 3.83. The molecule has 2 aromatic carbocycles. The number of benzene rings is 2. The Morgan fingerprint density at radius 2 is 1.90 bits per heavy atom. The third kappa shape index (κ3) is 4.13. The average molecular weight is 324 g/mol. The number of para-hydroxylation sites is 1. The Hall–Kier alpha value is -1.71. The maximum absolute atomic E-state index is 12.2. The van der Waals surface area contributed by atoms with Crippen LogP contribution in [0.2, 0.25) is 10.0 Å². The van der Waals surface area contributed by atoms with E-state index in [1.54, 1.807) is 43.3 Å². The Labute approximate surface area is 133 Å². The zero-order valence-electron chi connectivity index (χ0n) is 11.7. The van der Waals surface area contributed by atoms with E-state index >= 15 is 0 Å². The van der Waals surface area contributed by atoms with Gasteiger partial charge in [0.1, 0.15) is 5.75 Å². The van der Waals surface area contributed by atoms with Gasteiger partial charge in [-0.15, -0.1) is 0 Å². The molecular formula is C16H15Cl2NO2. The van der Waals surface area contributed by atoms with Crippen molar-refractivity contribution in [3.8, 4) is 5.75 Å². The summed E-state index contributed by atoms with van der Waals surface area (Å²) in [4.78, 5) is 12.2. The van der Waals surface area contributed by atoms with Crippen molar-refractivity contribution in [1.29, 1.82) is 0 Å². The van der Waals surface area contributed by atoms with Crippen molar-refractivity contribution in [3.05, 3.63) is 58.1 Å². The minimum Gasteiger partial charge on any atom is -0.479 e. The summed E-state index contributed by atoms with van der Waals surface area (Å²) < 4.78 is 5.57. The largest absolute Gasteiger partial charge is 0.479 e. The molecule has 110 valence electrons. The van der Waals surface area contributed by atoms with Crippen molar-refractivity contribution >= 4 is 34.8 Å². The first-order valence-electron chi connectivity index (χ1n) is 6.45. The number of nitrogens with one attached hydrogen (secondary N) is 1. The highest BCUT2D eigenvalue weighted by Gasteiger charge is 2.17. The number of rotatable bonds is 4. The maximum atomic E-state index is 12.2. The molecule has 1 N–H and O–H groups in total. The minimum atomic E-state index is -0.678. The Morgan fingerprint density at radius 3 is 2.62 bits per heavy atom. The second-order valence-corrected chi connectivity index (χ2v) is 5.48. The van der Waals surface area contributed by atoms with E-state index in [1.807, 2.05) is 13.0 Å². The van der Waals surface area contributed by atoms with Gasteiger partial charge < -0.3 is 10.1 Å². The smallest absolute Gasteiger partial charge is 0.265 e. The average Bonchev–Trinajstić information content (AvgIpc) is 2.45. The zero-order valence-corrected chi connectivity index (χ0v) is 13.2. The summed E-state index contributed by atoms with van der Waals surface area (Å²) in [5.74, 6) is 0.213. The Morgan fingerprint density at radius 1 is 1.19 bits per heavy atom. The van der Waals surface area contributed by atoms with Crippen molar-refractivity contribution in [2.45, 2.75) is 20.0 Å². The number of carbonyl (C=O) groups is 1. The van der Waals surface area contributed by atoms with Crippen LogP contribution in [-0.4, -0.2) is 12.0 Å². The lowest BCUT2D eigenvalue weighted by Crippen LogP contribution is -2.30. The Balaban J connectivity index is 2.06. The molecule has 3 nitrogen and oxygen atoms in total. The molecule has 0 aliphatic heterocycles. The highest BCUT2D eigenvalue weighted by atomic mass is 35.5. The van der Waals surface area contributed by atoms with E-state index in [9.17, 15) is 4.79 Å². The maximum Gasteiger partial charge on any atom is 0.265 e. The van der Waals surface area contributed by atoms with Crippen LogP contribution in [0.1, 0.15) is 12.5 Å². The van der Waals surface area contributed by atoms with Crippen LogP contribution in [0.3, 0.4) is 0 Å².